The number of amides is 1. The Labute approximate surface area is 279 Å². The molecule has 2 unspecified atom stereocenters. The zero-order chi connectivity index (χ0) is 33.2. The van der Waals surface area contributed by atoms with Crippen LogP contribution in [0.25, 0.3) is 10.9 Å². The Morgan fingerprint density at radius 3 is 2.57 bits per heavy atom. The Bertz CT molecular complexity index is 1610. The highest BCUT2D eigenvalue weighted by atomic mass is 16.5. The van der Waals surface area contributed by atoms with E-state index >= 15 is 0 Å². The first kappa shape index (κ1) is 34.0. The monoisotopic (exact) mass is 639 g/mol. The van der Waals surface area contributed by atoms with Crippen LogP contribution in [-0.2, 0) is 11.3 Å². The first-order valence-electron chi connectivity index (χ1n) is 16.8. The molecule has 1 amide bonds. The van der Waals surface area contributed by atoms with E-state index in [9.17, 15) is 4.79 Å². The predicted octanol–water partition coefficient (Wildman–Crippen LogP) is 8.38. The van der Waals surface area contributed by atoms with Gasteiger partial charge in [0.15, 0.2) is 0 Å². The third kappa shape index (κ3) is 8.95. The van der Waals surface area contributed by atoms with Crippen LogP contribution in [0.5, 0.6) is 17.2 Å². The van der Waals surface area contributed by atoms with Gasteiger partial charge >= 0.3 is 6.09 Å². The molecule has 47 heavy (non-hydrogen) atoms. The molecule has 1 aromatic heterocycles. The molecule has 0 spiro atoms. The maximum absolute atomic E-state index is 12.8. The number of fused-ring (bicyclic) bond motifs is 1. The number of ether oxygens (including phenoxy) is 4. The number of likely N-dealkylation sites (N-methyl/N-ethyl adjacent to an activating group) is 1. The van der Waals surface area contributed by atoms with E-state index in [4.69, 9.17) is 23.9 Å². The molecule has 5 rings (SSSR count). The van der Waals surface area contributed by atoms with Crippen LogP contribution >= 0.6 is 0 Å². The molecule has 250 valence electrons. The molecule has 8 heteroatoms. The summed E-state index contributed by atoms with van der Waals surface area (Å²) in [4.78, 5) is 17.6. The third-order valence-electron chi connectivity index (χ3n) is 9.15. The lowest BCUT2D eigenvalue weighted by Gasteiger charge is -2.25. The van der Waals surface area contributed by atoms with Crippen molar-refractivity contribution in [1.82, 2.24) is 15.6 Å². The number of pyridine rings is 1. The molecule has 2 aromatic carbocycles. The van der Waals surface area contributed by atoms with E-state index in [0.29, 0.717) is 5.92 Å². The molecule has 1 heterocycles. The first-order chi connectivity index (χ1) is 22.9. The van der Waals surface area contributed by atoms with Gasteiger partial charge in [-0.05, 0) is 105 Å². The SMILES string of the molecule is CC/C=C(\CC1C=CC=C(CNC)C1)Oc1ccnc2cc(C(CC)CC3(NC(=O)OCc4ccc(OC)cc4)CC3)c(OC)cc12. The normalized spacial score (nSPS) is 17.5. The van der Waals surface area contributed by atoms with Crippen LogP contribution in [0.15, 0.2) is 84.3 Å². The zero-order valence-corrected chi connectivity index (χ0v) is 28.4. The number of rotatable bonds is 16. The van der Waals surface area contributed by atoms with Crippen molar-refractivity contribution >= 4 is 17.0 Å². The molecule has 1 fully saturated rings. The van der Waals surface area contributed by atoms with Gasteiger partial charge < -0.3 is 29.6 Å². The van der Waals surface area contributed by atoms with E-state index in [1.807, 2.05) is 43.6 Å². The fourth-order valence-electron chi connectivity index (χ4n) is 6.46. The van der Waals surface area contributed by atoms with Crippen molar-refractivity contribution in [3.05, 3.63) is 95.4 Å². The van der Waals surface area contributed by atoms with Crippen molar-refractivity contribution in [3.63, 3.8) is 0 Å². The van der Waals surface area contributed by atoms with Crippen molar-refractivity contribution < 1.29 is 23.7 Å². The van der Waals surface area contributed by atoms with Gasteiger partial charge in [-0.15, -0.1) is 0 Å². The van der Waals surface area contributed by atoms with Crippen LogP contribution < -0.4 is 24.8 Å². The van der Waals surface area contributed by atoms with Crippen LogP contribution in [0.3, 0.4) is 0 Å². The number of nitrogens with zero attached hydrogens (tertiary/aromatic N) is 1. The lowest BCUT2D eigenvalue weighted by Crippen LogP contribution is -2.38. The molecule has 2 atom stereocenters. The number of carbonyl (C=O) groups is 1. The zero-order valence-electron chi connectivity index (χ0n) is 28.4. The van der Waals surface area contributed by atoms with E-state index in [1.165, 1.54) is 5.57 Å². The minimum absolute atomic E-state index is 0.165. The maximum atomic E-state index is 12.8. The number of allylic oxidation sites excluding steroid dienone is 5. The summed E-state index contributed by atoms with van der Waals surface area (Å²) >= 11 is 0. The second-order valence-corrected chi connectivity index (χ2v) is 12.6. The average Bonchev–Trinajstić information content (AvgIpc) is 3.85. The number of alkyl carbamates (subject to hydrolysis) is 1. The third-order valence-corrected chi connectivity index (χ3v) is 9.15. The Morgan fingerprint density at radius 1 is 1.09 bits per heavy atom. The lowest BCUT2D eigenvalue weighted by atomic mass is 9.87. The highest BCUT2D eigenvalue weighted by molar-refractivity contribution is 5.87. The van der Waals surface area contributed by atoms with E-state index < -0.39 is 6.09 Å². The number of aromatic nitrogens is 1. The highest BCUT2D eigenvalue weighted by Gasteiger charge is 2.46. The van der Waals surface area contributed by atoms with Gasteiger partial charge in [0.1, 0.15) is 29.6 Å². The highest BCUT2D eigenvalue weighted by Crippen LogP contribution is 2.47. The Morgan fingerprint density at radius 2 is 1.89 bits per heavy atom. The van der Waals surface area contributed by atoms with Gasteiger partial charge in [-0.1, -0.05) is 49.8 Å². The summed E-state index contributed by atoms with van der Waals surface area (Å²) in [7, 11) is 5.33. The van der Waals surface area contributed by atoms with Gasteiger partial charge in [-0.3, -0.25) is 4.98 Å². The van der Waals surface area contributed by atoms with Crippen LogP contribution in [-0.4, -0.2) is 44.4 Å². The molecule has 2 aliphatic carbocycles. The minimum atomic E-state index is -0.393. The van der Waals surface area contributed by atoms with Gasteiger partial charge in [0.05, 0.1) is 19.7 Å². The summed E-state index contributed by atoms with van der Waals surface area (Å²) in [6.45, 7) is 5.42. The smallest absolute Gasteiger partial charge is 0.407 e. The molecule has 2 N–H and O–H groups in total. The molecule has 0 saturated heterocycles. The summed E-state index contributed by atoms with van der Waals surface area (Å²) in [5.74, 6) is 3.88. The number of carbonyl (C=O) groups excluding carboxylic acids is 1. The second-order valence-electron chi connectivity index (χ2n) is 12.6. The van der Waals surface area contributed by atoms with Crippen molar-refractivity contribution in [1.29, 1.82) is 0 Å². The van der Waals surface area contributed by atoms with E-state index in [2.05, 4.69) is 60.9 Å². The van der Waals surface area contributed by atoms with E-state index in [1.54, 1.807) is 14.2 Å². The Balaban J connectivity index is 1.28. The summed E-state index contributed by atoms with van der Waals surface area (Å²) in [5.41, 5.74) is 3.98. The van der Waals surface area contributed by atoms with E-state index in [0.717, 1.165) is 96.5 Å². The van der Waals surface area contributed by atoms with Gasteiger partial charge in [0, 0.05) is 30.1 Å². The fraction of sp³-hybridized carbons (Fsp3) is 0.436. The summed E-state index contributed by atoms with van der Waals surface area (Å²) in [5, 5.41) is 7.36. The van der Waals surface area contributed by atoms with Crippen LogP contribution in [0.1, 0.15) is 75.8 Å². The van der Waals surface area contributed by atoms with Crippen molar-refractivity contribution in [2.24, 2.45) is 5.92 Å². The van der Waals surface area contributed by atoms with Gasteiger partial charge in [-0.25, -0.2) is 4.79 Å². The molecule has 2 aliphatic rings. The quantitative estimate of drug-likeness (QED) is 0.152. The second kappa shape index (κ2) is 16.0. The number of hydrogen-bond acceptors (Lipinski definition) is 7. The molecule has 0 bridgehead atoms. The van der Waals surface area contributed by atoms with Crippen LogP contribution in [0, 0.1) is 5.92 Å². The summed E-state index contributed by atoms with van der Waals surface area (Å²) < 4.78 is 23.4. The van der Waals surface area contributed by atoms with Crippen molar-refractivity contribution in [2.45, 2.75) is 76.9 Å². The largest absolute Gasteiger partial charge is 0.497 e. The molecule has 0 aliphatic heterocycles. The number of nitrogens with one attached hydrogen (secondary N) is 2. The molecule has 8 nitrogen and oxygen atoms in total. The minimum Gasteiger partial charge on any atom is -0.497 e. The average molecular weight is 640 g/mol. The Hall–Kier alpha value is -4.30. The molecular formula is C39H49N3O5. The maximum Gasteiger partial charge on any atom is 0.407 e. The molecular weight excluding hydrogens is 590 g/mol. The van der Waals surface area contributed by atoms with Gasteiger partial charge in [0.2, 0.25) is 0 Å². The first-order valence-corrected chi connectivity index (χ1v) is 16.8. The number of benzene rings is 2. The Kier molecular flexibility index (Phi) is 11.6. The molecule has 1 saturated carbocycles. The van der Waals surface area contributed by atoms with Crippen LogP contribution in [0.4, 0.5) is 4.79 Å². The molecule has 3 aromatic rings. The van der Waals surface area contributed by atoms with Gasteiger partial charge in [0.25, 0.3) is 0 Å². The number of methoxy groups -OCH3 is 2. The summed E-state index contributed by atoms with van der Waals surface area (Å²) in [6.07, 6.45) is 16.5. The molecule has 0 radical (unpaired) electrons. The van der Waals surface area contributed by atoms with Gasteiger partial charge in [-0.2, -0.15) is 0 Å². The topological polar surface area (TPSA) is 90.9 Å². The summed E-state index contributed by atoms with van der Waals surface area (Å²) in [6, 6.07) is 13.7. The number of hydrogen-bond donors (Lipinski definition) is 2. The lowest BCUT2D eigenvalue weighted by molar-refractivity contribution is 0.133. The van der Waals surface area contributed by atoms with Crippen LogP contribution in [0.2, 0.25) is 0 Å². The van der Waals surface area contributed by atoms with Crippen molar-refractivity contribution in [2.75, 3.05) is 27.8 Å². The predicted molar refractivity (Wildman–Crippen MR) is 187 cm³/mol. The fourth-order valence-corrected chi connectivity index (χ4v) is 6.46. The van der Waals surface area contributed by atoms with Crippen molar-refractivity contribution in [3.8, 4) is 17.2 Å². The standard InChI is InChI=1S/C39H49N3O5/c1-6-9-32(21-28-10-8-11-29(20-28)25-40-3)47-36-16-19-41-35-22-33(37(45-5)23-34(35)36)30(7-2)24-39(17-18-39)42-38(43)46-26-27-12-14-31(44-4)15-13-27/h8-16,19,22-23,28,30,40H,6-7,17-18,20-21,24-26H2,1-5H3,(H,42,43)/b32-9+. The van der Waals surface area contributed by atoms with E-state index in [-0.39, 0.29) is 18.1 Å².